The van der Waals surface area contributed by atoms with Gasteiger partial charge >= 0.3 is 5.76 Å². The summed E-state index contributed by atoms with van der Waals surface area (Å²) >= 11 is 11.8. The summed E-state index contributed by atoms with van der Waals surface area (Å²) in [6.45, 7) is -0.234. The number of hydrogen-bond acceptors (Lipinski definition) is 4. The van der Waals surface area contributed by atoms with E-state index in [1.54, 1.807) is 24.3 Å². The SMILES string of the molecule is O=C(Cn1c(=O)oc2cccnc21)Nc1ccc(Cl)cc1Cl. The molecule has 6 nitrogen and oxygen atoms in total. The number of hydrogen-bond donors (Lipinski definition) is 1. The van der Waals surface area contributed by atoms with Crippen molar-refractivity contribution in [3.63, 3.8) is 0 Å². The fourth-order valence-electron chi connectivity index (χ4n) is 1.96. The molecule has 0 atom stereocenters. The Morgan fingerprint density at radius 2 is 2.14 bits per heavy atom. The average molecular weight is 338 g/mol. The molecule has 0 saturated heterocycles. The minimum atomic E-state index is -0.647. The number of aromatic nitrogens is 2. The van der Waals surface area contributed by atoms with Gasteiger partial charge in [0.05, 0.1) is 10.7 Å². The highest BCUT2D eigenvalue weighted by Crippen LogP contribution is 2.25. The fourth-order valence-corrected chi connectivity index (χ4v) is 2.42. The first-order chi connectivity index (χ1) is 10.5. The number of oxazole rings is 1. The molecule has 1 amide bonds. The van der Waals surface area contributed by atoms with Gasteiger partial charge in [0.25, 0.3) is 0 Å². The maximum absolute atomic E-state index is 12.1. The molecule has 0 spiro atoms. The smallest absolute Gasteiger partial charge is 0.406 e. The van der Waals surface area contributed by atoms with Gasteiger partial charge in [-0.1, -0.05) is 23.2 Å². The van der Waals surface area contributed by atoms with Gasteiger partial charge in [-0.05, 0) is 30.3 Å². The number of amides is 1. The normalized spacial score (nSPS) is 10.8. The number of nitrogens with zero attached hydrogens (tertiary/aromatic N) is 2. The van der Waals surface area contributed by atoms with E-state index in [-0.39, 0.29) is 6.54 Å². The highest BCUT2D eigenvalue weighted by molar-refractivity contribution is 6.36. The molecule has 22 heavy (non-hydrogen) atoms. The zero-order valence-electron chi connectivity index (χ0n) is 11.0. The lowest BCUT2D eigenvalue weighted by Gasteiger charge is -2.07. The van der Waals surface area contributed by atoms with Gasteiger partial charge in [0.15, 0.2) is 11.2 Å². The van der Waals surface area contributed by atoms with E-state index in [2.05, 4.69) is 10.3 Å². The molecule has 0 bridgehead atoms. The third-order valence-electron chi connectivity index (χ3n) is 2.93. The molecule has 2 aromatic heterocycles. The summed E-state index contributed by atoms with van der Waals surface area (Å²) in [5.41, 5.74) is 1.04. The molecule has 1 N–H and O–H groups in total. The number of carbonyl (C=O) groups is 1. The summed E-state index contributed by atoms with van der Waals surface area (Å²) < 4.78 is 6.16. The zero-order chi connectivity index (χ0) is 15.7. The van der Waals surface area contributed by atoms with Crippen molar-refractivity contribution in [1.29, 1.82) is 0 Å². The monoisotopic (exact) mass is 337 g/mol. The Balaban J connectivity index is 1.84. The van der Waals surface area contributed by atoms with Crippen molar-refractivity contribution in [3.8, 4) is 0 Å². The van der Waals surface area contributed by atoms with Gasteiger partial charge in [-0.2, -0.15) is 0 Å². The second-order valence-electron chi connectivity index (χ2n) is 4.45. The number of rotatable bonds is 3. The van der Waals surface area contributed by atoms with E-state index in [0.717, 1.165) is 4.57 Å². The zero-order valence-corrected chi connectivity index (χ0v) is 12.6. The van der Waals surface area contributed by atoms with Crippen molar-refractivity contribution in [2.24, 2.45) is 0 Å². The van der Waals surface area contributed by atoms with Crippen molar-refractivity contribution in [2.45, 2.75) is 6.54 Å². The molecular formula is C14H9Cl2N3O3. The quantitative estimate of drug-likeness (QED) is 0.797. The van der Waals surface area contributed by atoms with Gasteiger partial charge in [0.1, 0.15) is 6.54 Å². The molecule has 2 heterocycles. The van der Waals surface area contributed by atoms with E-state index in [1.807, 2.05) is 0 Å². The molecule has 0 fully saturated rings. The topological polar surface area (TPSA) is 77.1 Å². The summed E-state index contributed by atoms with van der Waals surface area (Å²) in [7, 11) is 0. The Hall–Kier alpha value is -2.31. The third kappa shape index (κ3) is 2.84. The van der Waals surface area contributed by atoms with Crippen LogP contribution in [-0.4, -0.2) is 15.5 Å². The number of halogens is 2. The molecule has 0 aliphatic rings. The first-order valence-corrected chi connectivity index (χ1v) is 6.99. The van der Waals surface area contributed by atoms with Crippen LogP contribution in [0.5, 0.6) is 0 Å². The standard InChI is InChI=1S/C14H9Cl2N3O3/c15-8-3-4-10(9(16)6-8)18-12(20)7-19-13-11(22-14(19)21)2-1-5-17-13/h1-6H,7H2,(H,18,20). The van der Waals surface area contributed by atoms with Crippen LogP contribution in [-0.2, 0) is 11.3 Å². The number of pyridine rings is 1. The first-order valence-electron chi connectivity index (χ1n) is 6.24. The van der Waals surface area contributed by atoms with Crippen LogP contribution in [0.1, 0.15) is 0 Å². The Labute approximate surface area is 134 Å². The van der Waals surface area contributed by atoms with Crippen molar-refractivity contribution >= 4 is 46.0 Å². The lowest BCUT2D eigenvalue weighted by Crippen LogP contribution is -2.25. The third-order valence-corrected chi connectivity index (χ3v) is 3.48. The van der Waals surface area contributed by atoms with Crippen LogP contribution < -0.4 is 11.1 Å². The van der Waals surface area contributed by atoms with Crippen LogP contribution >= 0.6 is 23.2 Å². The van der Waals surface area contributed by atoms with Crippen molar-refractivity contribution in [2.75, 3.05) is 5.32 Å². The number of benzene rings is 1. The van der Waals surface area contributed by atoms with Gasteiger partial charge in [-0.3, -0.25) is 4.79 Å². The van der Waals surface area contributed by atoms with Crippen molar-refractivity contribution in [3.05, 3.63) is 57.1 Å². The first kappa shape index (κ1) is 14.6. The molecule has 112 valence electrons. The number of anilines is 1. The van der Waals surface area contributed by atoms with Gasteiger partial charge in [0.2, 0.25) is 5.91 Å². The van der Waals surface area contributed by atoms with Crippen LogP contribution in [0, 0.1) is 0 Å². The van der Waals surface area contributed by atoms with Gasteiger partial charge in [-0.15, -0.1) is 0 Å². The molecular weight excluding hydrogens is 329 g/mol. The van der Waals surface area contributed by atoms with Crippen LogP contribution in [0.2, 0.25) is 10.0 Å². The van der Waals surface area contributed by atoms with Crippen LogP contribution in [0.4, 0.5) is 5.69 Å². The molecule has 0 radical (unpaired) electrons. The summed E-state index contributed by atoms with van der Waals surface area (Å²) in [5, 5.41) is 3.38. The minimum Gasteiger partial charge on any atom is -0.406 e. The summed E-state index contributed by atoms with van der Waals surface area (Å²) in [4.78, 5) is 27.9. The second kappa shape index (κ2) is 5.82. The Bertz CT molecular complexity index is 917. The number of carbonyl (C=O) groups excluding carboxylic acids is 1. The molecule has 3 aromatic rings. The summed E-state index contributed by atoms with van der Waals surface area (Å²) in [6.07, 6.45) is 1.52. The van der Waals surface area contributed by atoms with E-state index in [9.17, 15) is 9.59 Å². The molecule has 1 aromatic carbocycles. The van der Waals surface area contributed by atoms with Crippen LogP contribution in [0.3, 0.4) is 0 Å². The van der Waals surface area contributed by atoms with Crippen LogP contribution in [0.15, 0.2) is 45.7 Å². The Morgan fingerprint density at radius 3 is 2.91 bits per heavy atom. The molecule has 0 saturated carbocycles. The summed E-state index contributed by atoms with van der Waals surface area (Å²) in [5.74, 6) is -1.08. The highest BCUT2D eigenvalue weighted by atomic mass is 35.5. The second-order valence-corrected chi connectivity index (χ2v) is 5.30. The lowest BCUT2D eigenvalue weighted by atomic mass is 10.3. The largest absolute Gasteiger partial charge is 0.421 e. The molecule has 0 unspecified atom stereocenters. The van der Waals surface area contributed by atoms with E-state index in [4.69, 9.17) is 27.6 Å². The van der Waals surface area contributed by atoms with E-state index >= 15 is 0 Å². The predicted octanol–water partition coefficient (Wildman–Crippen LogP) is 2.94. The molecule has 0 aliphatic carbocycles. The minimum absolute atomic E-state index is 0.234. The number of fused-ring (bicyclic) bond motifs is 1. The summed E-state index contributed by atoms with van der Waals surface area (Å²) in [6, 6.07) is 7.94. The maximum Gasteiger partial charge on any atom is 0.421 e. The average Bonchev–Trinajstić information content (AvgIpc) is 2.78. The Kier molecular flexibility index (Phi) is 3.87. The maximum atomic E-state index is 12.1. The van der Waals surface area contributed by atoms with Crippen LogP contribution in [0.25, 0.3) is 11.2 Å². The lowest BCUT2D eigenvalue weighted by molar-refractivity contribution is -0.116. The van der Waals surface area contributed by atoms with Gasteiger partial charge in [0, 0.05) is 11.2 Å². The Morgan fingerprint density at radius 1 is 1.32 bits per heavy atom. The van der Waals surface area contributed by atoms with Gasteiger partial charge < -0.3 is 9.73 Å². The van der Waals surface area contributed by atoms with E-state index in [1.165, 1.54) is 12.3 Å². The van der Waals surface area contributed by atoms with E-state index in [0.29, 0.717) is 27.0 Å². The highest BCUT2D eigenvalue weighted by Gasteiger charge is 2.14. The predicted molar refractivity (Wildman–Crippen MR) is 83.4 cm³/mol. The molecule has 0 aliphatic heterocycles. The fraction of sp³-hybridized carbons (Fsp3) is 0.0714. The van der Waals surface area contributed by atoms with Crippen molar-refractivity contribution < 1.29 is 9.21 Å². The van der Waals surface area contributed by atoms with E-state index < -0.39 is 11.7 Å². The molecule has 8 heteroatoms. The van der Waals surface area contributed by atoms with Gasteiger partial charge in [-0.25, -0.2) is 14.3 Å². The number of nitrogens with one attached hydrogen (secondary N) is 1. The molecule has 3 rings (SSSR count). The van der Waals surface area contributed by atoms with Crippen molar-refractivity contribution in [1.82, 2.24) is 9.55 Å².